The molecular formula is C14H13BrOS. The minimum atomic E-state index is 0.110. The van der Waals surface area contributed by atoms with E-state index in [1.165, 1.54) is 10.5 Å². The second-order valence-electron chi connectivity index (χ2n) is 3.72. The molecule has 0 aliphatic rings. The van der Waals surface area contributed by atoms with Crippen molar-refractivity contribution in [2.24, 2.45) is 0 Å². The Balaban J connectivity index is 1.97. The number of thioether (sulfide) groups is 1. The molecule has 0 aromatic heterocycles. The van der Waals surface area contributed by atoms with Gasteiger partial charge < -0.3 is 5.11 Å². The van der Waals surface area contributed by atoms with Gasteiger partial charge >= 0.3 is 0 Å². The first-order valence-electron chi connectivity index (χ1n) is 5.35. The number of hydrogen-bond donors (Lipinski definition) is 1. The first kappa shape index (κ1) is 12.7. The Hall–Kier alpha value is -0.770. The molecular weight excluding hydrogens is 296 g/mol. The van der Waals surface area contributed by atoms with Gasteiger partial charge in [-0.1, -0.05) is 46.3 Å². The van der Waals surface area contributed by atoms with Crippen molar-refractivity contribution < 1.29 is 5.11 Å². The number of aliphatic hydroxyl groups excluding tert-OH is 1. The molecule has 0 amide bonds. The van der Waals surface area contributed by atoms with Crippen LogP contribution in [0.4, 0.5) is 0 Å². The van der Waals surface area contributed by atoms with E-state index in [-0.39, 0.29) is 6.61 Å². The van der Waals surface area contributed by atoms with Crippen molar-refractivity contribution in [3.8, 4) is 0 Å². The van der Waals surface area contributed by atoms with Crippen LogP contribution in [0.15, 0.2) is 57.9 Å². The van der Waals surface area contributed by atoms with E-state index in [4.69, 9.17) is 5.11 Å². The molecule has 88 valence electrons. The van der Waals surface area contributed by atoms with Crippen molar-refractivity contribution >= 4 is 27.7 Å². The fraction of sp³-hybridized carbons (Fsp3) is 0.143. The Morgan fingerprint density at radius 2 is 1.71 bits per heavy atom. The monoisotopic (exact) mass is 308 g/mol. The van der Waals surface area contributed by atoms with Crippen LogP contribution in [0.5, 0.6) is 0 Å². The maximum atomic E-state index is 8.96. The van der Waals surface area contributed by atoms with Crippen LogP contribution in [0.1, 0.15) is 11.1 Å². The number of rotatable bonds is 4. The van der Waals surface area contributed by atoms with Crippen molar-refractivity contribution in [1.82, 2.24) is 0 Å². The molecule has 0 radical (unpaired) electrons. The van der Waals surface area contributed by atoms with E-state index in [0.29, 0.717) is 0 Å². The van der Waals surface area contributed by atoms with Crippen LogP contribution in [0, 0.1) is 0 Å². The summed E-state index contributed by atoms with van der Waals surface area (Å²) in [6.45, 7) is 0.110. The van der Waals surface area contributed by atoms with Crippen molar-refractivity contribution in [3.05, 3.63) is 64.1 Å². The Kier molecular flexibility index (Phi) is 4.66. The topological polar surface area (TPSA) is 20.2 Å². The van der Waals surface area contributed by atoms with Crippen LogP contribution in [-0.2, 0) is 12.4 Å². The lowest BCUT2D eigenvalue weighted by Crippen LogP contribution is -1.85. The smallest absolute Gasteiger partial charge is 0.0681 e. The van der Waals surface area contributed by atoms with Gasteiger partial charge in [0.15, 0.2) is 0 Å². The molecule has 0 bridgehead atoms. The molecule has 0 aliphatic carbocycles. The van der Waals surface area contributed by atoms with Gasteiger partial charge in [0.1, 0.15) is 0 Å². The fourth-order valence-corrected chi connectivity index (χ4v) is 2.93. The van der Waals surface area contributed by atoms with Gasteiger partial charge in [-0.05, 0) is 29.3 Å². The van der Waals surface area contributed by atoms with Gasteiger partial charge in [-0.2, -0.15) is 0 Å². The number of benzene rings is 2. The third-order valence-corrected chi connectivity index (χ3v) is 3.97. The average Bonchev–Trinajstić information content (AvgIpc) is 2.37. The quantitative estimate of drug-likeness (QED) is 0.853. The zero-order chi connectivity index (χ0) is 12.1. The highest BCUT2D eigenvalue weighted by Gasteiger charge is 1.97. The molecule has 0 fully saturated rings. The fourth-order valence-electron chi connectivity index (χ4n) is 1.46. The van der Waals surface area contributed by atoms with Crippen LogP contribution in [0.3, 0.4) is 0 Å². The van der Waals surface area contributed by atoms with Gasteiger partial charge in [-0.15, -0.1) is 11.8 Å². The van der Waals surface area contributed by atoms with Crippen LogP contribution in [0.2, 0.25) is 0 Å². The summed E-state index contributed by atoms with van der Waals surface area (Å²) in [4.78, 5) is 1.26. The third kappa shape index (κ3) is 3.87. The van der Waals surface area contributed by atoms with Gasteiger partial charge in [-0.25, -0.2) is 0 Å². The molecule has 1 N–H and O–H groups in total. The largest absolute Gasteiger partial charge is 0.392 e. The second-order valence-corrected chi connectivity index (χ2v) is 5.69. The Bertz CT molecular complexity index is 482. The normalized spacial score (nSPS) is 10.5. The van der Waals surface area contributed by atoms with Gasteiger partial charge in [0.25, 0.3) is 0 Å². The highest BCUT2D eigenvalue weighted by molar-refractivity contribution is 9.10. The molecule has 0 unspecified atom stereocenters. The van der Waals surface area contributed by atoms with E-state index in [9.17, 15) is 0 Å². The summed E-state index contributed by atoms with van der Waals surface area (Å²) in [5, 5.41) is 8.96. The lowest BCUT2D eigenvalue weighted by molar-refractivity contribution is 0.282. The van der Waals surface area contributed by atoms with E-state index in [1.807, 2.05) is 36.0 Å². The Labute approximate surface area is 114 Å². The molecule has 0 aliphatic heterocycles. The predicted molar refractivity (Wildman–Crippen MR) is 76.1 cm³/mol. The maximum absolute atomic E-state index is 8.96. The van der Waals surface area contributed by atoms with Crippen LogP contribution >= 0.6 is 27.7 Å². The summed E-state index contributed by atoms with van der Waals surface area (Å²) in [6, 6.07) is 16.4. The highest BCUT2D eigenvalue weighted by atomic mass is 79.9. The summed E-state index contributed by atoms with van der Waals surface area (Å²) >= 11 is 5.27. The predicted octanol–water partition coefficient (Wildman–Crippen LogP) is 4.23. The molecule has 0 saturated carbocycles. The number of aliphatic hydroxyl groups is 1. The zero-order valence-corrected chi connectivity index (χ0v) is 11.7. The zero-order valence-electron chi connectivity index (χ0n) is 9.27. The summed E-state index contributed by atoms with van der Waals surface area (Å²) in [5.74, 6) is 0.947. The van der Waals surface area contributed by atoms with Crippen molar-refractivity contribution in [2.45, 2.75) is 17.3 Å². The summed E-state index contributed by atoms with van der Waals surface area (Å²) in [6.07, 6.45) is 0. The lowest BCUT2D eigenvalue weighted by atomic mass is 10.2. The molecule has 3 heteroatoms. The standard InChI is InChI=1S/C14H13BrOS/c15-13-2-1-3-14(8-13)17-10-12-6-4-11(9-16)5-7-12/h1-8,16H,9-10H2. The lowest BCUT2D eigenvalue weighted by Gasteiger charge is -2.03. The number of halogens is 1. The Morgan fingerprint density at radius 3 is 2.35 bits per heavy atom. The first-order valence-corrected chi connectivity index (χ1v) is 7.13. The molecule has 2 aromatic rings. The van der Waals surface area contributed by atoms with Crippen LogP contribution < -0.4 is 0 Å². The molecule has 0 heterocycles. The molecule has 0 spiro atoms. The van der Waals surface area contributed by atoms with Crippen LogP contribution in [0.25, 0.3) is 0 Å². The minimum Gasteiger partial charge on any atom is -0.392 e. The van der Waals surface area contributed by atoms with Gasteiger partial charge in [-0.3, -0.25) is 0 Å². The molecule has 0 atom stereocenters. The minimum absolute atomic E-state index is 0.110. The second kappa shape index (κ2) is 6.24. The van der Waals surface area contributed by atoms with Crippen molar-refractivity contribution in [1.29, 1.82) is 0 Å². The van der Waals surface area contributed by atoms with E-state index in [1.54, 1.807) is 0 Å². The van der Waals surface area contributed by atoms with Crippen molar-refractivity contribution in [2.75, 3.05) is 0 Å². The summed E-state index contributed by atoms with van der Waals surface area (Å²) < 4.78 is 1.11. The average molecular weight is 309 g/mol. The third-order valence-electron chi connectivity index (χ3n) is 2.41. The molecule has 2 rings (SSSR count). The van der Waals surface area contributed by atoms with Crippen molar-refractivity contribution in [3.63, 3.8) is 0 Å². The van der Waals surface area contributed by atoms with Crippen LogP contribution in [-0.4, -0.2) is 5.11 Å². The van der Waals surface area contributed by atoms with Gasteiger partial charge in [0, 0.05) is 15.1 Å². The Morgan fingerprint density at radius 1 is 1.00 bits per heavy atom. The highest BCUT2D eigenvalue weighted by Crippen LogP contribution is 2.25. The van der Waals surface area contributed by atoms with Gasteiger partial charge in [0.05, 0.1) is 6.61 Å². The summed E-state index contributed by atoms with van der Waals surface area (Å²) in [5.41, 5.74) is 2.23. The number of hydrogen-bond acceptors (Lipinski definition) is 2. The van der Waals surface area contributed by atoms with E-state index in [2.05, 4.69) is 40.2 Å². The molecule has 0 saturated heterocycles. The van der Waals surface area contributed by atoms with E-state index >= 15 is 0 Å². The van der Waals surface area contributed by atoms with E-state index < -0.39 is 0 Å². The summed E-state index contributed by atoms with van der Waals surface area (Å²) in [7, 11) is 0. The SMILES string of the molecule is OCc1ccc(CSc2cccc(Br)c2)cc1. The first-order chi connectivity index (χ1) is 8.28. The molecule has 2 aromatic carbocycles. The molecule has 17 heavy (non-hydrogen) atoms. The molecule has 1 nitrogen and oxygen atoms in total. The van der Waals surface area contributed by atoms with Gasteiger partial charge in [0.2, 0.25) is 0 Å². The van der Waals surface area contributed by atoms with E-state index in [0.717, 1.165) is 15.8 Å². The maximum Gasteiger partial charge on any atom is 0.0681 e.